The maximum Gasteiger partial charge on any atom is 0.227 e. The minimum atomic E-state index is 0.494. The van der Waals surface area contributed by atoms with Gasteiger partial charge in [-0.05, 0) is 50.2 Å². The monoisotopic (exact) mass is 352 g/mol. The first kappa shape index (κ1) is 16.9. The predicted molar refractivity (Wildman–Crippen MR) is 102 cm³/mol. The van der Waals surface area contributed by atoms with Gasteiger partial charge in [0.15, 0.2) is 0 Å². The molecule has 7 heteroatoms. The van der Waals surface area contributed by atoms with Crippen LogP contribution >= 0.6 is 11.6 Å². The second-order valence-corrected chi connectivity index (χ2v) is 5.94. The van der Waals surface area contributed by atoms with Crippen LogP contribution in [0.5, 0.6) is 0 Å². The fourth-order valence-corrected chi connectivity index (χ4v) is 2.29. The number of hydrogen-bond donors (Lipinski definition) is 2. The maximum atomic E-state index is 6.00. The summed E-state index contributed by atoms with van der Waals surface area (Å²) in [7, 11) is 0. The third-order valence-electron chi connectivity index (χ3n) is 3.19. The molecule has 0 saturated carbocycles. The van der Waals surface area contributed by atoms with E-state index in [1.165, 1.54) is 0 Å². The van der Waals surface area contributed by atoms with Crippen molar-refractivity contribution >= 4 is 34.8 Å². The van der Waals surface area contributed by atoms with Crippen molar-refractivity contribution in [1.82, 2.24) is 15.0 Å². The molecule has 0 aliphatic heterocycles. The fourth-order valence-electron chi connectivity index (χ4n) is 2.10. The van der Waals surface area contributed by atoms with Crippen LogP contribution in [0.25, 0.3) is 11.3 Å². The highest BCUT2D eigenvalue weighted by atomic mass is 35.5. The normalized spacial score (nSPS) is 10.2. The zero-order valence-corrected chi connectivity index (χ0v) is 14.6. The third-order valence-corrected chi connectivity index (χ3v) is 3.42. The first-order chi connectivity index (χ1) is 12.1. The predicted octanol–water partition coefficient (Wildman–Crippen LogP) is 4.74. The van der Waals surface area contributed by atoms with E-state index in [2.05, 4.69) is 30.8 Å². The number of nitrogens with zero attached hydrogens (tertiary/aromatic N) is 4. The van der Waals surface area contributed by atoms with Crippen LogP contribution in [0.4, 0.5) is 17.5 Å². The zero-order chi connectivity index (χ0) is 17.6. The molecule has 0 atom stereocenters. The van der Waals surface area contributed by atoms with E-state index in [1.807, 2.05) is 56.3 Å². The fraction of sp³-hybridized carbons (Fsp3) is 0.111. The van der Waals surface area contributed by atoms with E-state index >= 15 is 0 Å². The van der Waals surface area contributed by atoms with Crippen molar-refractivity contribution in [3.8, 4) is 11.3 Å². The van der Waals surface area contributed by atoms with Crippen LogP contribution in [0, 0.1) is 0 Å². The quantitative estimate of drug-likeness (QED) is 0.512. The van der Waals surface area contributed by atoms with Gasteiger partial charge in [-0.25, -0.2) is 15.0 Å². The zero-order valence-electron chi connectivity index (χ0n) is 13.9. The van der Waals surface area contributed by atoms with Gasteiger partial charge < -0.3 is 5.32 Å². The lowest BCUT2D eigenvalue weighted by Crippen LogP contribution is -1.99. The number of rotatable bonds is 5. The molecule has 25 heavy (non-hydrogen) atoms. The molecule has 2 heterocycles. The molecule has 3 aromatic rings. The van der Waals surface area contributed by atoms with Crippen LogP contribution in [-0.2, 0) is 0 Å². The average molecular weight is 353 g/mol. The maximum absolute atomic E-state index is 6.00. The van der Waals surface area contributed by atoms with Crippen molar-refractivity contribution in [2.75, 3.05) is 10.7 Å². The lowest BCUT2D eigenvalue weighted by molar-refractivity contribution is 1.16. The summed E-state index contributed by atoms with van der Waals surface area (Å²) >= 11 is 6.00. The number of hydrogen-bond acceptors (Lipinski definition) is 6. The van der Waals surface area contributed by atoms with Crippen molar-refractivity contribution in [2.24, 2.45) is 5.10 Å². The molecule has 126 valence electrons. The van der Waals surface area contributed by atoms with E-state index in [-0.39, 0.29) is 0 Å². The molecule has 0 bridgehead atoms. The van der Waals surface area contributed by atoms with Crippen LogP contribution in [0.2, 0.25) is 5.02 Å². The van der Waals surface area contributed by atoms with Gasteiger partial charge in [-0.3, -0.25) is 5.43 Å². The molecule has 0 unspecified atom stereocenters. The highest BCUT2D eigenvalue weighted by Gasteiger charge is 2.05. The van der Waals surface area contributed by atoms with Gasteiger partial charge in [0.25, 0.3) is 0 Å². The summed E-state index contributed by atoms with van der Waals surface area (Å²) < 4.78 is 0. The van der Waals surface area contributed by atoms with Gasteiger partial charge in [-0.2, -0.15) is 5.10 Å². The standard InChI is InChI=1S/C18H17ClN6/c1-12(2)24-25-17-10-13(6-8-20-17)16-7-9-21-18(23-16)22-15-5-3-4-14(19)11-15/h3-11H,1-2H3,(H,20,25)(H,21,22,23). The van der Waals surface area contributed by atoms with E-state index in [9.17, 15) is 0 Å². The topological polar surface area (TPSA) is 75.1 Å². The van der Waals surface area contributed by atoms with Crippen molar-refractivity contribution in [2.45, 2.75) is 13.8 Å². The van der Waals surface area contributed by atoms with Crippen molar-refractivity contribution < 1.29 is 0 Å². The summed E-state index contributed by atoms with van der Waals surface area (Å²) in [5.74, 6) is 1.15. The molecule has 0 amide bonds. The van der Waals surface area contributed by atoms with Gasteiger partial charge in [-0.1, -0.05) is 17.7 Å². The molecular formula is C18H17ClN6. The third kappa shape index (κ3) is 4.74. The summed E-state index contributed by atoms with van der Waals surface area (Å²) in [6, 6.07) is 13.0. The molecule has 2 aromatic heterocycles. The van der Waals surface area contributed by atoms with Gasteiger partial charge in [0.1, 0.15) is 5.82 Å². The Morgan fingerprint density at radius 2 is 1.88 bits per heavy atom. The highest BCUT2D eigenvalue weighted by molar-refractivity contribution is 6.30. The molecule has 2 N–H and O–H groups in total. The van der Waals surface area contributed by atoms with Gasteiger partial charge >= 0.3 is 0 Å². The molecule has 0 radical (unpaired) electrons. The SMILES string of the molecule is CC(C)=NNc1cc(-c2ccnc(Nc3cccc(Cl)c3)n2)ccn1. The molecule has 1 aromatic carbocycles. The molecule has 0 saturated heterocycles. The number of benzene rings is 1. The van der Waals surface area contributed by atoms with E-state index in [4.69, 9.17) is 11.6 Å². The van der Waals surface area contributed by atoms with Gasteiger partial charge in [0, 0.05) is 34.4 Å². The minimum absolute atomic E-state index is 0.494. The number of halogens is 1. The second-order valence-electron chi connectivity index (χ2n) is 5.50. The number of nitrogens with one attached hydrogen (secondary N) is 2. The lowest BCUT2D eigenvalue weighted by atomic mass is 10.2. The Bertz CT molecular complexity index is 905. The first-order valence-electron chi connectivity index (χ1n) is 7.69. The number of aromatic nitrogens is 3. The van der Waals surface area contributed by atoms with Crippen LogP contribution in [0.1, 0.15) is 13.8 Å². The molecule has 0 aliphatic carbocycles. The Kier molecular flexibility index (Phi) is 5.20. The summed E-state index contributed by atoms with van der Waals surface area (Å²) in [6.45, 7) is 3.82. The largest absolute Gasteiger partial charge is 0.324 e. The Morgan fingerprint density at radius 1 is 1.04 bits per heavy atom. The van der Waals surface area contributed by atoms with Crippen LogP contribution in [0.15, 0.2) is 60.0 Å². The molecule has 6 nitrogen and oxygen atoms in total. The molecule has 0 aliphatic rings. The molecular weight excluding hydrogens is 336 g/mol. The minimum Gasteiger partial charge on any atom is -0.324 e. The summed E-state index contributed by atoms with van der Waals surface area (Å²) in [6.07, 6.45) is 3.42. The first-order valence-corrected chi connectivity index (χ1v) is 8.07. The lowest BCUT2D eigenvalue weighted by Gasteiger charge is -2.08. The van der Waals surface area contributed by atoms with Crippen LogP contribution < -0.4 is 10.7 Å². The van der Waals surface area contributed by atoms with E-state index in [0.29, 0.717) is 16.8 Å². The highest BCUT2D eigenvalue weighted by Crippen LogP contribution is 2.22. The number of anilines is 3. The Morgan fingerprint density at radius 3 is 2.68 bits per heavy atom. The molecule has 3 rings (SSSR count). The van der Waals surface area contributed by atoms with Crippen LogP contribution in [0.3, 0.4) is 0 Å². The van der Waals surface area contributed by atoms with E-state index in [0.717, 1.165) is 22.7 Å². The number of pyridine rings is 1. The summed E-state index contributed by atoms with van der Waals surface area (Å²) in [5.41, 5.74) is 6.36. The van der Waals surface area contributed by atoms with E-state index < -0.39 is 0 Å². The van der Waals surface area contributed by atoms with Gasteiger partial charge in [-0.15, -0.1) is 0 Å². The molecule has 0 spiro atoms. The Hall–Kier alpha value is -2.99. The average Bonchev–Trinajstić information content (AvgIpc) is 2.60. The smallest absolute Gasteiger partial charge is 0.227 e. The van der Waals surface area contributed by atoms with Crippen molar-refractivity contribution in [3.63, 3.8) is 0 Å². The van der Waals surface area contributed by atoms with Gasteiger partial charge in [0.2, 0.25) is 5.95 Å². The number of hydrazone groups is 1. The molecule has 0 fully saturated rings. The summed E-state index contributed by atoms with van der Waals surface area (Å²) in [4.78, 5) is 13.0. The summed E-state index contributed by atoms with van der Waals surface area (Å²) in [5, 5.41) is 7.96. The van der Waals surface area contributed by atoms with Crippen molar-refractivity contribution in [1.29, 1.82) is 0 Å². The van der Waals surface area contributed by atoms with Crippen molar-refractivity contribution in [3.05, 3.63) is 59.9 Å². The Labute approximate surface area is 151 Å². The Balaban J connectivity index is 1.84. The van der Waals surface area contributed by atoms with E-state index in [1.54, 1.807) is 12.4 Å². The second kappa shape index (κ2) is 7.72. The van der Waals surface area contributed by atoms with Gasteiger partial charge in [0.05, 0.1) is 5.69 Å². The van der Waals surface area contributed by atoms with Crippen LogP contribution in [-0.4, -0.2) is 20.7 Å².